The molecule has 0 unspecified atom stereocenters. The number of methoxy groups -OCH3 is 1. The molecule has 8 heteroatoms. The molecule has 22 heavy (non-hydrogen) atoms. The van der Waals surface area contributed by atoms with Gasteiger partial charge in [-0.15, -0.1) is 0 Å². The maximum absolute atomic E-state index is 12.3. The monoisotopic (exact) mass is 302 g/mol. The standard InChI is InChI=1S/C14H14N4O4/c1-4-10-15-7(2)13(21-10)14(19)16-8-5-6-9(20-3)12-11(8)17-22-18-12/h5-6H,4H2,1-3H3,(H,16,19). The molecule has 2 heterocycles. The number of nitrogens with zero attached hydrogens (tertiary/aromatic N) is 3. The van der Waals surface area contributed by atoms with E-state index in [1.807, 2.05) is 6.92 Å². The maximum atomic E-state index is 12.3. The van der Waals surface area contributed by atoms with Gasteiger partial charge < -0.3 is 14.5 Å². The van der Waals surface area contributed by atoms with Gasteiger partial charge in [0.2, 0.25) is 5.76 Å². The predicted octanol–water partition coefficient (Wildman–Crippen LogP) is 2.34. The zero-order valence-corrected chi connectivity index (χ0v) is 12.3. The lowest BCUT2D eigenvalue weighted by atomic mass is 10.2. The number of rotatable bonds is 4. The molecule has 0 aliphatic carbocycles. The molecule has 1 N–H and O–H groups in total. The van der Waals surface area contributed by atoms with Crippen molar-refractivity contribution in [1.29, 1.82) is 0 Å². The number of oxazole rings is 1. The molecule has 114 valence electrons. The number of amides is 1. The lowest BCUT2D eigenvalue weighted by Crippen LogP contribution is -2.12. The van der Waals surface area contributed by atoms with E-state index in [2.05, 4.69) is 20.6 Å². The SMILES string of the molecule is CCc1nc(C)c(C(=O)Nc2ccc(OC)c3nonc23)o1. The summed E-state index contributed by atoms with van der Waals surface area (Å²) < 4.78 is 15.3. The number of anilines is 1. The molecule has 1 amide bonds. The molecule has 0 saturated heterocycles. The molecule has 3 aromatic rings. The average molecular weight is 302 g/mol. The number of benzene rings is 1. The van der Waals surface area contributed by atoms with Gasteiger partial charge in [0.05, 0.1) is 18.5 Å². The number of carbonyl (C=O) groups is 1. The number of aryl methyl sites for hydroxylation is 2. The van der Waals surface area contributed by atoms with E-state index in [1.165, 1.54) is 7.11 Å². The minimum absolute atomic E-state index is 0.178. The third-order valence-corrected chi connectivity index (χ3v) is 3.20. The fourth-order valence-electron chi connectivity index (χ4n) is 2.10. The predicted molar refractivity (Wildman–Crippen MR) is 76.9 cm³/mol. The summed E-state index contributed by atoms with van der Waals surface area (Å²) in [5.74, 6) is 0.806. The molecule has 0 atom stereocenters. The Bertz CT molecular complexity index is 837. The first-order chi connectivity index (χ1) is 10.6. The molecule has 0 radical (unpaired) electrons. The summed E-state index contributed by atoms with van der Waals surface area (Å²) in [4.78, 5) is 16.5. The van der Waals surface area contributed by atoms with Gasteiger partial charge >= 0.3 is 0 Å². The highest BCUT2D eigenvalue weighted by Crippen LogP contribution is 2.29. The number of hydrogen-bond acceptors (Lipinski definition) is 7. The first-order valence-corrected chi connectivity index (χ1v) is 6.71. The highest BCUT2D eigenvalue weighted by atomic mass is 16.6. The number of aromatic nitrogens is 3. The number of hydrogen-bond donors (Lipinski definition) is 1. The van der Waals surface area contributed by atoms with E-state index in [9.17, 15) is 4.79 Å². The van der Waals surface area contributed by atoms with Crippen LogP contribution in [-0.4, -0.2) is 28.3 Å². The minimum Gasteiger partial charge on any atom is -0.494 e. The summed E-state index contributed by atoms with van der Waals surface area (Å²) in [6.45, 7) is 3.62. The first kappa shape index (κ1) is 14.1. The molecule has 0 bridgehead atoms. The second-order valence-electron chi connectivity index (χ2n) is 4.61. The maximum Gasteiger partial charge on any atom is 0.293 e. The number of ether oxygens (including phenoxy) is 1. The fraction of sp³-hybridized carbons (Fsp3) is 0.286. The summed E-state index contributed by atoms with van der Waals surface area (Å²) in [5.41, 5.74) is 1.83. The Morgan fingerprint density at radius 2 is 2.09 bits per heavy atom. The van der Waals surface area contributed by atoms with E-state index in [0.717, 1.165) is 0 Å². The van der Waals surface area contributed by atoms with Gasteiger partial charge in [-0.2, -0.15) is 0 Å². The Balaban J connectivity index is 1.94. The third kappa shape index (κ3) is 2.28. The summed E-state index contributed by atoms with van der Waals surface area (Å²) in [5, 5.41) is 10.3. The van der Waals surface area contributed by atoms with Crippen LogP contribution in [0.1, 0.15) is 29.1 Å². The topological polar surface area (TPSA) is 103 Å². The van der Waals surface area contributed by atoms with Gasteiger partial charge in [0.1, 0.15) is 0 Å². The molecule has 0 fully saturated rings. The van der Waals surface area contributed by atoms with E-state index in [0.29, 0.717) is 40.5 Å². The molecule has 3 rings (SSSR count). The molecule has 0 saturated carbocycles. The van der Waals surface area contributed by atoms with Crippen LogP contribution in [-0.2, 0) is 6.42 Å². The van der Waals surface area contributed by atoms with Crippen LogP contribution < -0.4 is 10.1 Å². The van der Waals surface area contributed by atoms with E-state index >= 15 is 0 Å². The first-order valence-electron chi connectivity index (χ1n) is 6.71. The van der Waals surface area contributed by atoms with Crippen molar-refractivity contribution in [2.24, 2.45) is 0 Å². The van der Waals surface area contributed by atoms with Crippen molar-refractivity contribution in [3.63, 3.8) is 0 Å². The second-order valence-corrected chi connectivity index (χ2v) is 4.61. The molecule has 0 spiro atoms. The molecule has 2 aromatic heterocycles. The zero-order valence-electron chi connectivity index (χ0n) is 12.3. The number of fused-ring (bicyclic) bond motifs is 1. The highest BCUT2D eigenvalue weighted by molar-refractivity contribution is 6.07. The van der Waals surface area contributed by atoms with Crippen molar-refractivity contribution in [3.05, 3.63) is 29.5 Å². The van der Waals surface area contributed by atoms with Crippen LogP contribution in [0.3, 0.4) is 0 Å². The van der Waals surface area contributed by atoms with Gasteiger partial charge in [0.15, 0.2) is 22.7 Å². The van der Waals surface area contributed by atoms with Crippen LogP contribution in [0.25, 0.3) is 11.0 Å². The minimum atomic E-state index is -0.404. The van der Waals surface area contributed by atoms with Crippen molar-refractivity contribution in [3.8, 4) is 5.75 Å². The van der Waals surface area contributed by atoms with Crippen molar-refractivity contribution < 1.29 is 18.6 Å². The Labute approximate surface area is 125 Å². The van der Waals surface area contributed by atoms with Crippen LogP contribution >= 0.6 is 0 Å². The quantitative estimate of drug-likeness (QED) is 0.788. The zero-order chi connectivity index (χ0) is 15.7. The number of carbonyl (C=O) groups excluding carboxylic acids is 1. The second kappa shape index (κ2) is 5.47. The number of nitrogens with one attached hydrogen (secondary N) is 1. The molecular weight excluding hydrogens is 288 g/mol. The van der Waals surface area contributed by atoms with Gasteiger partial charge in [0, 0.05) is 6.42 Å². The van der Waals surface area contributed by atoms with Crippen LogP contribution in [0.5, 0.6) is 5.75 Å². The molecule has 0 aliphatic heterocycles. The van der Waals surface area contributed by atoms with Crippen LogP contribution in [0.4, 0.5) is 5.69 Å². The van der Waals surface area contributed by atoms with Crippen LogP contribution in [0.2, 0.25) is 0 Å². The van der Waals surface area contributed by atoms with Gasteiger partial charge in [-0.25, -0.2) is 9.61 Å². The Morgan fingerprint density at radius 1 is 1.32 bits per heavy atom. The van der Waals surface area contributed by atoms with Crippen LogP contribution in [0, 0.1) is 6.92 Å². The van der Waals surface area contributed by atoms with E-state index in [4.69, 9.17) is 13.8 Å². The van der Waals surface area contributed by atoms with Gasteiger partial charge in [-0.1, -0.05) is 6.92 Å². The van der Waals surface area contributed by atoms with Crippen LogP contribution in [0.15, 0.2) is 21.2 Å². The van der Waals surface area contributed by atoms with Crippen molar-refractivity contribution in [1.82, 2.24) is 15.3 Å². The van der Waals surface area contributed by atoms with E-state index in [1.54, 1.807) is 19.1 Å². The average Bonchev–Trinajstić information content (AvgIpc) is 3.14. The summed E-state index contributed by atoms with van der Waals surface area (Å²) in [6, 6.07) is 3.34. The fourth-order valence-corrected chi connectivity index (χ4v) is 2.10. The molecular formula is C14H14N4O4. The molecule has 1 aromatic carbocycles. The lowest BCUT2D eigenvalue weighted by molar-refractivity contribution is 0.0994. The largest absolute Gasteiger partial charge is 0.494 e. The van der Waals surface area contributed by atoms with Crippen molar-refractivity contribution in [2.75, 3.05) is 12.4 Å². The normalized spacial score (nSPS) is 10.9. The Hall–Kier alpha value is -2.90. The van der Waals surface area contributed by atoms with Crippen molar-refractivity contribution in [2.45, 2.75) is 20.3 Å². The van der Waals surface area contributed by atoms with Gasteiger partial charge in [0.25, 0.3) is 5.91 Å². The third-order valence-electron chi connectivity index (χ3n) is 3.20. The molecule has 8 nitrogen and oxygen atoms in total. The van der Waals surface area contributed by atoms with E-state index in [-0.39, 0.29) is 5.76 Å². The van der Waals surface area contributed by atoms with E-state index < -0.39 is 5.91 Å². The Kier molecular flexibility index (Phi) is 3.50. The van der Waals surface area contributed by atoms with Gasteiger partial charge in [-0.05, 0) is 29.4 Å². The van der Waals surface area contributed by atoms with Crippen molar-refractivity contribution >= 4 is 22.6 Å². The molecule has 0 aliphatic rings. The smallest absolute Gasteiger partial charge is 0.293 e. The lowest BCUT2D eigenvalue weighted by Gasteiger charge is -2.05. The highest BCUT2D eigenvalue weighted by Gasteiger charge is 2.20. The van der Waals surface area contributed by atoms with Gasteiger partial charge in [-0.3, -0.25) is 4.79 Å². The summed E-state index contributed by atoms with van der Waals surface area (Å²) in [6.07, 6.45) is 0.619. The summed E-state index contributed by atoms with van der Waals surface area (Å²) >= 11 is 0. The Morgan fingerprint density at radius 3 is 2.77 bits per heavy atom. The summed E-state index contributed by atoms with van der Waals surface area (Å²) in [7, 11) is 1.52.